The van der Waals surface area contributed by atoms with Crippen LogP contribution in [-0.2, 0) is 29.5 Å². The zero-order valence-corrected chi connectivity index (χ0v) is 18.6. The normalized spacial score (nSPS) is 13.8. The van der Waals surface area contributed by atoms with Gasteiger partial charge in [0.25, 0.3) is 5.91 Å². The highest BCUT2D eigenvalue weighted by Gasteiger charge is 2.21. The Morgan fingerprint density at radius 2 is 2.10 bits per heavy atom. The van der Waals surface area contributed by atoms with Crippen LogP contribution >= 0.6 is 11.3 Å². The smallest absolute Gasteiger partial charge is 0.252 e. The Morgan fingerprint density at radius 1 is 1.27 bits per heavy atom. The lowest BCUT2D eigenvalue weighted by Crippen LogP contribution is -2.25. The van der Waals surface area contributed by atoms with Crippen molar-refractivity contribution in [3.8, 4) is 10.4 Å². The van der Waals surface area contributed by atoms with Gasteiger partial charge in [0.1, 0.15) is 5.82 Å². The predicted octanol–water partition coefficient (Wildman–Crippen LogP) is 3.09. The Bertz CT molecular complexity index is 1180. The number of hydrogen-bond acceptors (Lipinski definition) is 5. The van der Waals surface area contributed by atoms with Crippen LogP contribution in [0.25, 0.3) is 10.4 Å². The molecule has 0 saturated carbocycles. The van der Waals surface area contributed by atoms with Crippen LogP contribution in [0.5, 0.6) is 0 Å². The first kappa shape index (κ1) is 20.8. The number of nitrogens with one attached hydrogen (secondary N) is 2. The fourth-order valence-electron chi connectivity index (χ4n) is 3.85. The van der Waals surface area contributed by atoms with Crippen LogP contribution in [0.1, 0.15) is 40.4 Å². The van der Waals surface area contributed by atoms with E-state index in [1.807, 2.05) is 24.4 Å². The van der Waals surface area contributed by atoms with E-state index in [1.54, 1.807) is 6.07 Å². The summed E-state index contributed by atoms with van der Waals surface area (Å²) >= 11 is 1.50. The minimum absolute atomic E-state index is 0.0608. The summed E-state index contributed by atoms with van der Waals surface area (Å²) < 4.78 is 29.1. The van der Waals surface area contributed by atoms with Crippen molar-refractivity contribution in [3.05, 3.63) is 58.5 Å². The maximum atomic E-state index is 13.1. The molecule has 1 aromatic carbocycles. The topological polar surface area (TPSA) is 93.1 Å². The Balaban J connectivity index is 1.65. The van der Waals surface area contributed by atoms with E-state index in [-0.39, 0.29) is 10.8 Å². The molecule has 1 amide bonds. The van der Waals surface area contributed by atoms with Gasteiger partial charge >= 0.3 is 0 Å². The molecular formula is C21H24N4O3S2. The summed E-state index contributed by atoms with van der Waals surface area (Å²) in [5.41, 5.74) is 3.11. The minimum atomic E-state index is -3.66. The maximum absolute atomic E-state index is 13.1. The lowest BCUT2D eigenvalue weighted by atomic mass is 10.0. The van der Waals surface area contributed by atoms with Crippen molar-refractivity contribution >= 4 is 27.3 Å². The summed E-state index contributed by atoms with van der Waals surface area (Å²) in [4.78, 5) is 18.7. The summed E-state index contributed by atoms with van der Waals surface area (Å²) in [6.07, 6.45) is 3.23. The molecule has 2 aromatic heterocycles. The van der Waals surface area contributed by atoms with Gasteiger partial charge < -0.3 is 9.88 Å². The quantitative estimate of drug-likeness (QED) is 0.611. The van der Waals surface area contributed by atoms with E-state index in [0.29, 0.717) is 17.7 Å². The summed E-state index contributed by atoms with van der Waals surface area (Å²) in [7, 11) is -2.30. The van der Waals surface area contributed by atoms with Crippen LogP contribution in [0.2, 0.25) is 0 Å². The van der Waals surface area contributed by atoms with E-state index in [0.717, 1.165) is 42.2 Å². The van der Waals surface area contributed by atoms with Gasteiger partial charge in [-0.1, -0.05) is 12.1 Å². The Hall–Kier alpha value is -2.49. The summed E-state index contributed by atoms with van der Waals surface area (Å²) in [6.45, 7) is 3.27. The number of nitrogens with zero attached hydrogens (tertiary/aromatic N) is 2. The second kappa shape index (κ2) is 8.33. The van der Waals surface area contributed by atoms with Crippen molar-refractivity contribution in [2.24, 2.45) is 0 Å². The maximum Gasteiger partial charge on any atom is 0.252 e. The van der Waals surface area contributed by atoms with Crippen LogP contribution in [0.15, 0.2) is 40.6 Å². The third kappa shape index (κ3) is 3.92. The van der Waals surface area contributed by atoms with Crippen molar-refractivity contribution < 1.29 is 13.2 Å². The van der Waals surface area contributed by atoms with Crippen molar-refractivity contribution in [2.45, 2.75) is 44.2 Å². The largest absolute Gasteiger partial charge is 0.346 e. The molecule has 9 heteroatoms. The number of rotatable bonds is 6. The van der Waals surface area contributed by atoms with E-state index in [9.17, 15) is 13.2 Å². The molecule has 0 atom stereocenters. The monoisotopic (exact) mass is 444 g/mol. The number of fused-ring (bicyclic) bond motifs is 1. The fraction of sp³-hybridized carbons (Fsp3) is 0.333. The van der Waals surface area contributed by atoms with E-state index < -0.39 is 10.0 Å². The highest BCUT2D eigenvalue weighted by Crippen LogP contribution is 2.30. The number of imidazole rings is 1. The van der Waals surface area contributed by atoms with Crippen molar-refractivity contribution in [1.82, 2.24) is 19.6 Å². The SMILES string of the molecule is CNS(=O)(=O)c1ccc(-c2cccs2)c(C(=O)NCc2nc(C)n3c2CCCC3)c1. The van der Waals surface area contributed by atoms with E-state index in [1.165, 1.54) is 36.2 Å². The highest BCUT2D eigenvalue weighted by molar-refractivity contribution is 7.89. The molecule has 1 aliphatic rings. The summed E-state index contributed by atoms with van der Waals surface area (Å²) in [5, 5.41) is 4.88. The van der Waals surface area contributed by atoms with E-state index in [2.05, 4.69) is 19.6 Å². The van der Waals surface area contributed by atoms with Gasteiger partial charge in [-0.3, -0.25) is 4.79 Å². The lowest BCUT2D eigenvalue weighted by Gasteiger charge is -2.16. The van der Waals surface area contributed by atoms with Gasteiger partial charge in [-0.15, -0.1) is 11.3 Å². The van der Waals surface area contributed by atoms with E-state index in [4.69, 9.17) is 0 Å². The Kier molecular flexibility index (Phi) is 5.77. The number of thiophene rings is 1. The molecule has 158 valence electrons. The summed E-state index contributed by atoms with van der Waals surface area (Å²) in [6, 6.07) is 8.46. The third-order valence-electron chi connectivity index (χ3n) is 5.41. The molecule has 4 rings (SSSR count). The van der Waals surface area contributed by atoms with Gasteiger partial charge in [0.15, 0.2) is 0 Å². The first-order valence-corrected chi connectivity index (χ1v) is 12.2. The molecule has 30 heavy (non-hydrogen) atoms. The number of amides is 1. The van der Waals surface area contributed by atoms with Gasteiger partial charge in [0, 0.05) is 28.2 Å². The molecular weight excluding hydrogens is 420 g/mol. The molecule has 0 spiro atoms. The van der Waals surface area contributed by atoms with Gasteiger partial charge in [0.05, 0.1) is 17.1 Å². The average molecular weight is 445 g/mol. The molecule has 3 heterocycles. The predicted molar refractivity (Wildman–Crippen MR) is 117 cm³/mol. The number of hydrogen-bond donors (Lipinski definition) is 2. The van der Waals surface area contributed by atoms with Gasteiger partial charge in [0.2, 0.25) is 10.0 Å². The van der Waals surface area contributed by atoms with Crippen LogP contribution in [0.3, 0.4) is 0 Å². The van der Waals surface area contributed by atoms with Crippen molar-refractivity contribution in [3.63, 3.8) is 0 Å². The highest BCUT2D eigenvalue weighted by atomic mass is 32.2. The molecule has 3 aromatic rings. The van der Waals surface area contributed by atoms with Crippen molar-refractivity contribution in [2.75, 3.05) is 7.05 Å². The number of carbonyl (C=O) groups excluding carboxylic acids is 1. The second-order valence-electron chi connectivity index (χ2n) is 7.24. The first-order chi connectivity index (χ1) is 14.4. The minimum Gasteiger partial charge on any atom is -0.346 e. The Labute approximate surface area is 180 Å². The standard InChI is InChI=1S/C21H24N4O3S2/c1-14-24-18(19-6-3-4-10-25(14)19)13-23-21(26)17-12-15(30(27,28)22-2)8-9-16(17)20-7-5-11-29-20/h5,7-9,11-12,22H,3-4,6,10,13H2,1-2H3,(H,23,26). The zero-order chi connectivity index (χ0) is 21.3. The molecule has 1 aliphatic heterocycles. The number of sulfonamides is 1. The number of aromatic nitrogens is 2. The number of carbonyl (C=O) groups is 1. The fourth-order valence-corrected chi connectivity index (χ4v) is 5.38. The molecule has 7 nitrogen and oxygen atoms in total. The van der Waals surface area contributed by atoms with Gasteiger partial charge in [-0.2, -0.15) is 0 Å². The molecule has 0 unspecified atom stereocenters. The second-order valence-corrected chi connectivity index (χ2v) is 10.1. The molecule has 0 fully saturated rings. The van der Waals surface area contributed by atoms with Crippen LogP contribution in [-0.4, -0.2) is 30.9 Å². The van der Waals surface area contributed by atoms with Gasteiger partial charge in [-0.05, 0) is 56.8 Å². The van der Waals surface area contributed by atoms with Gasteiger partial charge in [-0.25, -0.2) is 18.1 Å². The van der Waals surface area contributed by atoms with Crippen LogP contribution in [0.4, 0.5) is 0 Å². The molecule has 0 saturated heterocycles. The van der Waals surface area contributed by atoms with Crippen LogP contribution < -0.4 is 10.0 Å². The lowest BCUT2D eigenvalue weighted by molar-refractivity contribution is 0.0951. The average Bonchev–Trinajstić information content (AvgIpc) is 3.40. The first-order valence-electron chi connectivity index (χ1n) is 9.85. The van der Waals surface area contributed by atoms with E-state index >= 15 is 0 Å². The number of benzene rings is 1. The molecule has 0 radical (unpaired) electrons. The van der Waals surface area contributed by atoms with Crippen LogP contribution in [0, 0.1) is 6.92 Å². The number of aryl methyl sites for hydroxylation is 1. The summed E-state index contributed by atoms with van der Waals surface area (Å²) in [5.74, 6) is 0.650. The molecule has 2 N–H and O–H groups in total. The Morgan fingerprint density at radius 3 is 2.83 bits per heavy atom. The third-order valence-corrected chi connectivity index (χ3v) is 7.72. The molecule has 0 aliphatic carbocycles. The van der Waals surface area contributed by atoms with Crippen molar-refractivity contribution in [1.29, 1.82) is 0 Å². The molecule has 0 bridgehead atoms. The zero-order valence-electron chi connectivity index (χ0n) is 16.9.